The summed E-state index contributed by atoms with van der Waals surface area (Å²) in [6, 6.07) is 3.98. The van der Waals surface area contributed by atoms with Gasteiger partial charge in [0.15, 0.2) is 17.6 Å². The fourth-order valence-corrected chi connectivity index (χ4v) is 1.80. The molecule has 0 spiro atoms. The third-order valence-corrected chi connectivity index (χ3v) is 3.21. The highest BCUT2D eigenvalue weighted by atomic mass is 127. The summed E-state index contributed by atoms with van der Waals surface area (Å²) in [6.07, 6.45) is 1.16. The van der Waals surface area contributed by atoms with E-state index in [1.54, 1.807) is 7.05 Å². The Morgan fingerprint density at radius 2 is 2.10 bits per heavy atom. The van der Waals surface area contributed by atoms with Gasteiger partial charge in [-0.3, -0.25) is 4.99 Å². The lowest BCUT2D eigenvalue weighted by atomic mass is 10.3. The fraction of sp³-hybridized carbons (Fsp3) is 0.500. The zero-order valence-corrected chi connectivity index (χ0v) is 14.4. The second-order valence-corrected chi connectivity index (χ2v) is 4.89. The highest BCUT2D eigenvalue weighted by molar-refractivity contribution is 14.0. The summed E-state index contributed by atoms with van der Waals surface area (Å²) in [5.74, 6) is -0.0565. The third kappa shape index (κ3) is 5.64. The van der Waals surface area contributed by atoms with Crippen molar-refractivity contribution < 1.29 is 13.5 Å². The number of aliphatic imine (C=N–C) groups is 1. The molecule has 1 fully saturated rings. The van der Waals surface area contributed by atoms with Gasteiger partial charge in [0.2, 0.25) is 0 Å². The second kappa shape index (κ2) is 8.35. The Balaban J connectivity index is 0.00000220. The maximum absolute atomic E-state index is 13.0. The molecule has 0 saturated heterocycles. The Bertz CT molecular complexity index is 499. The van der Waals surface area contributed by atoms with Gasteiger partial charge in [-0.15, -0.1) is 24.0 Å². The largest absolute Gasteiger partial charge is 0.492 e. The van der Waals surface area contributed by atoms with Gasteiger partial charge >= 0.3 is 0 Å². The summed E-state index contributed by atoms with van der Waals surface area (Å²) in [7, 11) is 1.71. The lowest BCUT2D eigenvalue weighted by Crippen LogP contribution is -2.40. The summed E-state index contributed by atoms with van der Waals surface area (Å²) >= 11 is 0. The summed E-state index contributed by atoms with van der Waals surface area (Å²) < 4.78 is 31.0. The molecule has 0 aliphatic heterocycles. The quantitative estimate of drug-likeness (QED) is 0.339. The van der Waals surface area contributed by atoms with E-state index in [-0.39, 0.29) is 24.0 Å². The van der Waals surface area contributed by atoms with Crippen molar-refractivity contribution in [2.24, 2.45) is 10.9 Å². The highest BCUT2D eigenvalue weighted by Gasteiger charge is 2.33. The van der Waals surface area contributed by atoms with Gasteiger partial charge in [-0.25, -0.2) is 8.78 Å². The predicted molar refractivity (Wildman–Crippen MR) is 89.3 cm³/mol. The number of ether oxygens (including phenoxy) is 1. The maximum atomic E-state index is 13.0. The molecule has 1 aliphatic carbocycles. The first-order chi connectivity index (χ1) is 9.60. The molecule has 1 aromatic carbocycles. The molecular weight excluding hydrogens is 391 g/mol. The van der Waals surface area contributed by atoms with Crippen LogP contribution in [0.2, 0.25) is 0 Å². The molecule has 21 heavy (non-hydrogen) atoms. The van der Waals surface area contributed by atoms with Crippen LogP contribution in [0.5, 0.6) is 5.75 Å². The monoisotopic (exact) mass is 411 g/mol. The number of hydrogen-bond donors (Lipinski definition) is 2. The van der Waals surface area contributed by atoms with Crippen LogP contribution in [0.25, 0.3) is 0 Å². The minimum absolute atomic E-state index is 0. The first-order valence-electron chi connectivity index (χ1n) is 6.65. The number of nitrogens with one attached hydrogen (secondary N) is 2. The van der Waals surface area contributed by atoms with Crippen molar-refractivity contribution in [3.8, 4) is 5.75 Å². The molecule has 1 saturated carbocycles. The SMILES string of the molecule is CN=C(NCCOc1ccc(F)c(F)c1)NC1CC1C.I. The summed E-state index contributed by atoms with van der Waals surface area (Å²) in [5, 5.41) is 6.38. The Hall–Kier alpha value is -1.12. The molecular formula is C14H20F2IN3O. The molecule has 0 bridgehead atoms. The molecule has 7 heteroatoms. The van der Waals surface area contributed by atoms with Crippen LogP contribution >= 0.6 is 24.0 Å². The van der Waals surface area contributed by atoms with Crippen molar-refractivity contribution in [2.45, 2.75) is 19.4 Å². The van der Waals surface area contributed by atoms with E-state index in [0.29, 0.717) is 30.9 Å². The van der Waals surface area contributed by atoms with Gasteiger partial charge < -0.3 is 15.4 Å². The van der Waals surface area contributed by atoms with Gasteiger partial charge in [-0.1, -0.05) is 6.92 Å². The van der Waals surface area contributed by atoms with Crippen LogP contribution in [-0.4, -0.2) is 32.2 Å². The van der Waals surface area contributed by atoms with E-state index in [1.807, 2.05) is 0 Å². The molecule has 0 amide bonds. The van der Waals surface area contributed by atoms with Crippen LogP contribution in [0.3, 0.4) is 0 Å². The lowest BCUT2D eigenvalue weighted by Gasteiger charge is -2.12. The zero-order chi connectivity index (χ0) is 14.5. The van der Waals surface area contributed by atoms with E-state index in [2.05, 4.69) is 22.5 Å². The van der Waals surface area contributed by atoms with E-state index < -0.39 is 11.6 Å². The number of guanidine groups is 1. The third-order valence-electron chi connectivity index (χ3n) is 3.21. The van der Waals surface area contributed by atoms with E-state index >= 15 is 0 Å². The van der Waals surface area contributed by atoms with Crippen molar-refractivity contribution in [3.05, 3.63) is 29.8 Å². The molecule has 118 valence electrons. The van der Waals surface area contributed by atoms with Crippen LogP contribution in [-0.2, 0) is 0 Å². The van der Waals surface area contributed by atoms with Gasteiger partial charge in [0.25, 0.3) is 0 Å². The van der Waals surface area contributed by atoms with E-state index in [9.17, 15) is 8.78 Å². The van der Waals surface area contributed by atoms with Gasteiger partial charge in [0.1, 0.15) is 12.4 Å². The zero-order valence-electron chi connectivity index (χ0n) is 12.0. The minimum atomic E-state index is -0.907. The average Bonchev–Trinajstić information content (AvgIpc) is 3.12. The minimum Gasteiger partial charge on any atom is -0.492 e. The number of hydrogen-bond acceptors (Lipinski definition) is 2. The molecule has 0 heterocycles. The van der Waals surface area contributed by atoms with E-state index in [1.165, 1.54) is 6.07 Å². The Morgan fingerprint density at radius 1 is 1.38 bits per heavy atom. The van der Waals surface area contributed by atoms with Crippen LogP contribution in [0, 0.1) is 17.6 Å². The van der Waals surface area contributed by atoms with Gasteiger partial charge in [-0.2, -0.15) is 0 Å². The smallest absolute Gasteiger partial charge is 0.191 e. The van der Waals surface area contributed by atoms with Crippen molar-refractivity contribution in [3.63, 3.8) is 0 Å². The van der Waals surface area contributed by atoms with E-state index in [0.717, 1.165) is 24.5 Å². The number of rotatable bonds is 5. The van der Waals surface area contributed by atoms with Gasteiger partial charge in [0, 0.05) is 19.2 Å². The number of benzene rings is 1. The first kappa shape index (κ1) is 17.9. The molecule has 4 nitrogen and oxygen atoms in total. The summed E-state index contributed by atoms with van der Waals surface area (Å²) in [5.41, 5.74) is 0. The lowest BCUT2D eigenvalue weighted by molar-refractivity contribution is 0.318. The molecule has 2 unspecified atom stereocenters. The van der Waals surface area contributed by atoms with Crippen LogP contribution in [0.1, 0.15) is 13.3 Å². The van der Waals surface area contributed by atoms with Crippen LogP contribution in [0.15, 0.2) is 23.2 Å². The van der Waals surface area contributed by atoms with Crippen molar-refractivity contribution in [2.75, 3.05) is 20.2 Å². The summed E-state index contributed by atoms with van der Waals surface area (Å²) in [6.45, 7) is 3.04. The highest BCUT2D eigenvalue weighted by Crippen LogP contribution is 2.28. The molecule has 1 aromatic rings. The average molecular weight is 411 g/mol. The Morgan fingerprint density at radius 3 is 2.67 bits per heavy atom. The predicted octanol–water partition coefficient (Wildman–Crippen LogP) is 2.54. The van der Waals surface area contributed by atoms with Crippen molar-refractivity contribution in [1.82, 2.24) is 10.6 Å². The van der Waals surface area contributed by atoms with Crippen LogP contribution in [0.4, 0.5) is 8.78 Å². The van der Waals surface area contributed by atoms with Gasteiger partial charge in [0.05, 0.1) is 6.54 Å². The standard InChI is InChI=1S/C14H19F2N3O.HI/c1-9-7-13(9)19-14(17-2)18-5-6-20-10-3-4-11(15)12(16)8-10;/h3-4,8-9,13H,5-7H2,1-2H3,(H2,17,18,19);1H. The Labute approximate surface area is 140 Å². The number of nitrogens with zero attached hydrogens (tertiary/aromatic N) is 1. The maximum Gasteiger partial charge on any atom is 0.191 e. The molecule has 1 aliphatic rings. The molecule has 0 radical (unpaired) electrons. The Kier molecular flexibility index (Phi) is 7.13. The number of halogens is 3. The topological polar surface area (TPSA) is 45.7 Å². The summed E-state index contributed by atoms with van der Waals surface area (Å²) in [4.78, 5) is 4.10. The van der Waals surface area contributed by atoms with E-state index in [4.69, 9.17) is 4.74 Å². The second-order valence-electron chi connectivity index (χ2n) is 4.89. The van der Waals surface area contributed by atoms with Crippen molar-refractivity contribution >= 4 is 29.9 Å². The molecule has 0 aromatic heterocycles. The fourth-order valence-electron chi connectivity index (χ4n) is 1.80. The molecule has 2 N–H and O–H groups in total. The van der Waals surface area contributed by atoms with Crippen molar-refractivity contribution in [1.29, 1.82) is 0 Å². The first-order valence-corrected chi connectivity index (χ1v) is 6.65. The van der Waals surface area contributed by atoms with Crippen LogP contribution < -0.4 is 15.4 Å². The molecule has 2 atom stereocenters. The molecule has 2 rings (SSSR count). The normalized spacial score (nSPS) is 20.5. The van der Waals surface area contributed by atoms with Gasteiger partial charge in [-0.05, 0) is 24.5 Å².